The Morgan fingerprint density at radius 1 is 1.52 bits per heavy atom. The van der Waals surface area contributed by atoms with Gasteiger partial charge in [-0.15, -0.1) is 11.6 Å². The number of amides is 2. The predicted molar refractivity (Wildman–Crippen MR) is 84.4 cm³/mol. The Morgan fingerprint density at radius 3 is 3.19 bits per heavy atom. The molecule has 5 nitrogen and oxygen atoms in total. The van der Waals surface area contributed by atoms with Crippen LogP contribution in [-0.2, 0) is 0 Å². The van der Waals surface area contributed by atoms with Crippen LogP contribution < -0.4 is 5.32 Å². The third-order valence-corrected chi connectivity index (χ3v) is 3.84. The van der Waals surface area contributed by atoms with Gasteiger partial charge in [0.15, 0.2) is 0 Å². The van der Waals surface area contributed by atoms with E-state index in [-0.39, 0.29) is 6.03 Å². The molecule has 3 rings (SSSR count). The molecule has 110 valence electrons. The fourth-order valence-electron chi connectivity index (χ4n) is 2.56. The van der Waals surface area contributed by atoms with Crippen LogP contribution in [0.1, 0.15) is 12.0 Å². The second kappa shape index (κ2) is 6.18. The summed E-state index contributed by atoms with van der Waals surface area (Å²) in [7, 11) is 0. The molecule has 0 unspecified atom stereocenters. The summed E-state index contributed by atoms with van der Waals surface area (Å²) >= 11 is 5.58. The maximum absolute atomic E-state index is 11.9. The molecule has 2 N–H and O–H groups in total. The molecule has 0 saturated carbocycles. The highest BCUT2D eigenvalue weighted by molar-refractivity contribution is 6.18. The topological polar surface area (TPSA) is 61.0 Å². The molecule has 0 aliphatic carbocycles. The summed E-state index contributed by atoms with van der Waals surface area (Å²) in [6.45, 7) is 1.82. The molecular formula is C15H17ClN4O. The number of carbonyl (C=O) groups is 1. The number of urea groups is 1. The summed E-state index contributed by atoms with van der Waals surface area (Å²) in [5.41, 5.74) is 4.40. The number of halogens is 1. The molecule has 0 aromatic carbocycles. The van der Waals surface area contributed by atoms with Crippen molar-refractivity contribution in [3.05, 3.63) is 36.2 Å². The van der Waals surface area contributed by atoms with E-state index < -0.39 is 0 Å². The third kappa shape index (κ3) is 2.88. The zero-order chi connectivity index (χ0) is 14.7. The summed E-state index contributed by atoms with van der Waals surface area (Å²) in [5, 5.41) is 2.79. The molecule has 6 heteroatoms. The summed E-state index contributed by atoms with van der Waals surface area (Å²) in [6, 6.07) is 3.88. The molecule has 0 atom stereocenters. The molecule has 0 saturated heterocycles. The molecule has 1 aliphatic heterocycles. The molecule has 0 spiro atoms. The Balaban J connectivity index is 1.74. The average Bonchev–Trinajstić information content (AvgIpc) is 2.97. The molecule has 21 heavy (non-hydrogen) atoms. The minimum absolute atomic E-state index is 0.0528. The number of carbonyl (C=O) groups excluding carboxylic acids is 1. The molecule has 0 radical (unpaired) electrons. The summed E-state index contributed by atoms with van der Waals surface area (Å²) < 4.78 is 0. The quantitative estimate of drug-likeness (QED) is 0.856. The van der Waals surface area contributed by atoms with E-state index in [9.17, 15) is 4.79 Å². The number of fused-ring (bicyclic) bond motifs is 1. The Labute approximate surface area is 128 Å². The lowest BCUT2D eigenvalue weighted by molar-refractivity contribution is 0.204. The Hall–Kier alpha value is -2.01. The Bertz CT molecular complexity index is 679. The predicted octanol–water partition coefficient (Wildman–Crippen LogP) is 2.60. The molecule has 3 heterocycles. The number of pyridine rings is 1. The largest absolute Gasteiger partial charge is 0.359 e. The Morgan fingerprint density at radius 2 is 2.43 bits per heavy atom. The minimum atomic E-state index is -0.0528. The fraction of sp³-hybridized carbons (Fsp3) is 0.333. The van der Waals surface area contributed by atoms with Crippen LogP contribution in [0.4, 0.5) is 4.79 Å². The summed E-state index contributed by atoms with van der Waals surface area (Å²) in [5.74, 6) is 0.432. The van der Waals surface area contributed by atoms with Crippen molar-refractivity contribution in [2.24, 2.45) is 0 Å². The van der Waals surface area contributed by atoms with Gasteiger partial charge in [-0.1, -0.05) is 6.08 Å². The first-order valence-corrected chi connectivity index (χ1v) is 7.53. The second-order valence-corrected chi connectivity index (χ2v) is 5.33. The van der Waals surface area contributed by atoms with Crippen molar-refractivity contribution in [1.82, 2.24) is 20.2 Å². The van der Waals surface area contributed by atoms with Crippen molar-refractivity contribution in [3.8, 4) is 0 Å². The van der Waals surface area contributed by atoms with E-state index in [0.29, 0.717) is 25.5 Å². The molecule has 2 amide bonds. The number of nitrogens with one attached hydrogen (secondary N) is 2. The number of H-pyrrole nitrogens is 1. The van der Waals surface area contributed by atoms with Gasteiger partial charge >= 0.3 is 6.03 Å². The highest BCUT2D eigenvalue weighted by Crippen LogP contribution is 2.27. The van der Waals surface area contributed by atoms with Gasteiger partial charge in [0.05, 0.1) is 11.0 Å². The first-order valence-electron chi connectivity index (χ1n) is 7.00. The summed E-state index contributed by atoms with van der Waals surface area (Å²) in [6.07, 6.45) is 6.72. The van der Waals surface area contributed by atoms with Crippen LogP contribution in [0.2, 0.25) is 0 Å². The van der Waals surface area contributed by atoms with Crippen LogP contribution in [0, 0.1) is 0 Å². The van der Waals surface area contributed by atoms with Crippen LogP contribution in [0.5, 0.6) is 0 Å². The van der Waals surface area contributed by atoms with Crippen LogP contribution in [0.25, 0.3) is 16.6 Å². The van der Waals surface area contributed by atoms with Crippen LogP contribution in [-0.4, -0.2) is 46.4 Å². The molecule has 0 bridgehead atoms. The third-order valence-electron chi connectivity index (χ3n) is 3.65. The van der Waals surface area contributed by atoms with E-state index in [1.54, 1.807) is 11.1 Å². The van der Waals surface area contributed by atoms with Gasteiger partial charge in [-0.05, 0) is 24.1 Å². The van der Waals surface area contributed by atoms with Gasteiger partial charge < -0.3 is 15.2 Å². The number of hydrogen-bond acceptors (Lipinski definition) is 2. The van der Waals surface area contributed by atoms with Crippen molar-refractivity contribution >= 4 is 34.2 Å². The number of hydrogen-bond donors (Lipinski definition) is 2. The van der Waals surface area contributed by atoms with Gasteiger partial charge in [0.25, 0.3) is 0 Å². The maximum atomic E-state index is 11.9. The monoisotopic (exact) mass is 304 g/mol. The lowest BCUT2D eigenvalue weighted by atomic mass is 10.0. The number of aromatic nitrogens is 2. The number of rotatable bonds is 3. The van der Waals surface area contributed by atoms with Gasteiger partial charge in [-0.25, -0.2) is 4.79 Å². The molecular weight excluding hydrogens is 288 g/mol. The maximum Gasteiger partial charge on any atom is 0.317 e. The average molecular weight is 305 g/mol. The lowest BCUT2D eigenvalue weighted by Gasteiger charge is -2.26. The standard InChI is InChI=1S/C15H17ClN4O/c16-5-7-18-15(21)20-8-3-11(4-9-20)12-10-19-13-2-1-6-17-14(12)13/h1-3,6,10,19H,4-5,7-9H2,(H,18,21). The van der Waals surface area contributed by atoms with Gasteiger partial charge in [0.1, 0.15) is 0 Å². The van der Waals surface area contributed by atoms with Gasteiger partial charge in [0, 0.05) is 43.5 Å². The van der Waals surface area contributed by atoms with Gasteiger partial charge in [-0.3, -0.25) is 4.98 Å². The van der Waals surface area contributed by atoms with Gasteiger partial charge in [-0.2, -0.15) is 0 Å². The van der Waals surface area contributed by atoms with E-state index in [4.69, 9.17) is 11.6 Å². The smallest absolute Gasteiger partial charge is 0.317 e. The zero-order valence-electron chi connectivity index (χ0n) is 11.6. The molecule has 0 fully saturated rings. The van der Waals surface area contributed by atoms with E-state index in [2.05, 4.69) is 21.4 Å². The summed E-state index contributed by atoms with van der Waals surface area (Å²) in [4.78, 5) is 21.3. The van der Waals surface area contributed by atoms with Crippen molar-refractivity contribution in [3.63, 3.8) is 0 Å². The van der Waals surface area contributed by atoms with Crippen molar-refractivity contribution < 1.29 is 4.79 Å². The number of alkyl halides is 1. The van der Waals surface area contributed by atoms with Crippen LogP contribution in [0.3, 0.4) is 0 Å². The van der Waals surface area contributed by atoms with E-state index >= 15 is 0 Å². The SMILES string of the molecule is O=C(NCCCl)N1CC=C(c2c[nH]c3cccnc23)CC1. The van der Waals surface area contributed by atoms with E-state index in [0.717, 1.165) is 23.0 Å². The highest BCUT2D eigenvalue weighted by Gasteiger charge is 2.19. The fourth-order valence-corrected chi connectivity index (χ4v) is 2.66. The number of aromatic amines is 1. The first-order chi connectivity index (χ1) is 10.3. The lowest BCUT2D eigenvalue weighted by Crippen LogP contribution is -2.42. The van der Waals surface area contributed by atoms with Crippen molar-refractivity contribution in [2.45, 2.75) is 6.42 Å². The Kier molecular flexibility index (Phi) is 4.10. The molecule has 1 aliphatic rings. The normalized spacial score (nSPS) is 15.1. The van der Waals surface area contributed by atoms with E-state index in [1.807, 2.05) is 18.3 Å². The zero-order valence-corrected chi connectivity index (χ0v) is 12.4. The van der Waals surface area contributed by atoms with Crippen molar-refractivity contribution in [2.75, 3.05) is 25.5 Å². The second-order valence-electron chi connectivity index (χ2n) is 4.95. The minimum Gasteiger partial charge on any atom is -0.359 e. The number of nitrogens with zero attached hydrogens (tertiary/aromatic N) is 2. The van der Waals surface area contributed by atoms with Crippen LogP contribution >= 0.6 is 11.6 Å². The van der Waals surface area contributed by atoms with Crippen LogP contribution in [0.15, 0.2) is 30.6 Å². The first kappa shape index (κ1) is 13.9. The highest BCUT2D eigenvalue weighted by atomic mass is 35.5. The molecule has 2 aromatic heterocycles. The van der Waals surface area contributed by atoms with E-state index in [1.165, 1.54) is 5.57 Å². The van der Waals surface area contributed by atoms with Crippen molar-refractivity contribution in [1.29, 1.82) is 0 Å². The molecule has 2 aromatic rings. The van der Waals surface area contributed by atoms with Gasteiger partial charge in [0.2, 0.25) is 0 Å².